The van der Waals surface area contributed by atoms with Crippen LogP contribution in [0.15, 0.2) is 54.6 Å². The molecule has 4 nitrogen and oxygen atoms in total. The maximum absolute atomic E-state index is 12.6. The zero-order valence-corrected chi connectivity index (χ0v) is 15.9. The number of aryl methyl sites for hydroxylation is 2. The van der Waals surface area contributed by atoms with Gasteiger partial charge in [-0.1, -0.05) is 29.8 Å². The van der Waals surface area contributed by atoms with Gasteiger partial charge >= 0.3 is 0 Å². The summed E-state index contributed by atoms with van der Waals surface area (Å²) in [6.45, 7) is 4.01. The van der Waals surface area contributed by atoms with E-state index >= 15 is 0 Å². The van der Waals surface area contributed by atoms with Crippen molar-refractivity contribution < 1.29 is 4.79 Å². The fourth-order valence-corrected chi connectivity index (χ4v) is 4.12. The number of nitrogens with one attached hydrogen (secondary N) is 1. The summed E-state index contributed by atoms with van der Waals surface area (Å²) in [5, 5.41) is 9.11. The summed E-state index contributed by atoms with van der Waals surface area (Å²) < 4.78 is 1.90. The Kier molecular flexibility index (Phi) is 4.26. The van der Waals surface area contributed by atoms with Crippen LogP contribution in [-0.2, 0) is 0 Å². The lowest BCUT2D eigenvalue weighted by molar-refractivity contribution is 0.103. The van der Waals surface area contributed by atoms with Gasteiger partial charge in [-0.15, -0.1) is 11.3 Å². The number of benzene rings is 2. The Balaban J connectivity index is 1.72. The fourth-order valence-electron chi connectivity index (χ4n) is 2.85. The summed E-state index contributed by atoms with van der Waals surface area (Å²) in [7, 11) is 0. The van der Waals surface area contributed by atoms with Crippen LogP contribution in [0.25, 0.3) is 15.9 Å². The number of hydrogen-bond donors (Lipinski definition) is 1. The van der Waals surface area contributed by atoms with Crippen LogP contribution in [0.5, 0.6) is 0 Å². The van der Waals surface area contributed by atoms with E-state index in [4.69, 9.17) is 11.6 Å². The van der Waals surface area contributed by atoms with Crippen LogP contribution in [0.3, 0.4) is 0 Å². The summed E-state index contributed by atoms with van der Waals surface area (Å²) in [6, 6.07) is 17.2. The van der Waals surface area contributed by atoms with E-state index in [-0.39, 0.29) is 5.91 Å². The maximum Gasteiger partial charge on any atom is 0.265 e. The molecular formula is C20H16ClN3OS. The number of rotatable bonds is 3. The number of halogens is 1. The van der Waals surface area contributed by atoms with Crippen molar-refractivity contribution in [3.05, 3.63) is 75.8 Å². The van der Waals surface area contributed by atoms with Gasteiger partial charge in [0, 0.05) is 16.1 Å². The van der Waals surface area contributed by atoms with Crippen molar-refractivity contribution in [1.29, 1.82) is 0 Å². The first kappa shape index (κ1) is 16.8. The first-order chi connectivity index (χ1) is 12.5. The van der Waals surface area contributed by atoms with Crippen LogP contribution < -0.4 is 5.32 Å². The molecule has 0 saturated heterocycles. The maximum atomic E-state index is 12.6. The predicted octanol–water partition coefficient (Wildman–Crippen LogP) is 5.61. The van der Waals surface area contributed by atoms with Crippen molar-refractivity contribution in [3.63, 3.8) is 0 Å². The van der Waals surface area contributed by atoms with Gasteiger partial charge in [0.1, 0.15) is 4.83 Å². The highest BCUT2D eigenvalue weighted by Crippen LogP contribution is 2.31. The van der Waals surface area contributed by atoms with Crippen molar-refractivity contribution in [2.45, 2.75) is 13.8 Å². The number of amides is 1. The lowest BCUT2D eigenvalue weighted by Crippen LogP contribution is -2.09. The number of hydrogen-bond acceptors (Lipinski definition) is 3. The molecule has 0 aliphatic carbocycles. The Hall–Kier alpha value is -2.63. The van der Waals surface area contributed by atoms with Gasteiger partial charge in [0.25, 0.3) is 5.91 Å². The normalized spacial score (nSPS) is 11.0. The number of aromatic nitrogens is 2. The highest BCUT2D eigenvalue weighted by Gasteiger charge is 2.17. The molecule has 2 aromatic carbocycles. The van der Waals surface area contributed by atoms with Crippen LogP contribution in [0, 0.1) is 13.8 Å². The Labute approximate surface area is 160 Å². The first-order valence-corrected chi connectivity index (χ1v) is 9.34. The van der Waals surface area contributed by atoms with Crippen molar-refractivity contribution in [2.24, 2.45) is 0 Å². The highest BCUT2D eigenvalue weighted by molar-refractivity contribution is 7.20. The minimum atomic E-state index is -0.149. The molecule has 6 heteroatoms. The molecule has 0 saturated carbocycles. The molecule has 0 spiro atoms. The summed E-state index contributed by atoms with van der Waals surface area (Å²) in [4.78, 5) is 14.2. The van der Waals surface area contributed by atoms with E-state index in [2.05, 4.69) is 29.5 Å². The van der Waals surface area contributed by atoms with Crippen LogP contribution in [0.4, 0.5) is 5.69 Å². The van der Waals surface area contributed by atoms with Gasteiger partial charge in [-0.2, -0.15) is 5.10 Å². The lowest BCUT2D eigenvalue weighted by Gasteiger charge is -2.04. The zero-order chi connectivity index (χ0) is 18.3. The van der Waals surface area contributed by atoms with Crippen molar-refractivity contribution >= 4 is 44.7 Å². The Morgan fingerprint density at radius 2 is 1.92 bits per heavy atom. The van der Waals surface area contributed by atoms with E-state index < -0.39 is 0 Å². The number of nitrogens with zero attached hydrogens (tertiary/aromatic N) is 2. The van der Waals surface area contributed by atoms with E-state index in [1.165, 1.54) is 16.9 Å². The minimum absolute atomic E-state index is 0.149. The second-order valence-corrected chi connectivity index (χ2v) is 7.60. The molecule has 2 aromatic heterocycles. The quantitative estimate of drug-likeness (QED) is 0.501. The Morgan fingerprint density at radius 1 is 1.12 bits per heavy atom. The third-order valence-electron chi connectivity index (χ3n) is 4.10. The Morgan fingerprint density at radius 3 is 2.69 bits per heavy atom. The van der Waals surface area contributed by atoms with E-state index in [1.807, 2.05) is 41.9 Å². The van der Waals surface area contributed by atoms with Gasteiger partial charge < -0.3 is 5.32 Å². The molecule has 0 aliphatic heterocycles. The van der Waals surface area contributed by atoms with Gasteiger partial charge in [-0.25, -0.2) is 4.68 Å². The van der Waals surface area contributed by atoms with Gasteiger partial charge in [0.2, 0.25) is 0 Å². The second-order valence-electron chi connectivity index (χ2n) is 6.13. The SMILES string of the molecule is Cc1cccc(-n2nc(C)c3cc(C(=O)Nc4cccc(Cl)c4)sc32)c1. The number of thiophene rings is 1. The summed E-state index contributed by atoms with van der Waals surface area (Å²) in [5.74, 6) is -0.149. The van der Waals surface area contributed by atoms with Crippen LogP contribution in [-0.4, -0.2) is 15.7 Å². The van der Waals surface area contributed by atoms with Gasteiger partial charge in [0.15, 0.2) is 0 Å². The van der Waals surface area contributed by atoms with Gasteiger partial charge in [-0.05, 0) is 55.8 Å². The summed E-state index contributed by atoms with van der Waals surface area (Å²) in [5.41, 5.74) is 3.74. The highest BCUT2D eigenvalue weighted by atomic mass is 35.5. The van der Waals surface area contributed by atoms with Gasteiger partial charge in [0.05, 0.1) is 16.3 Å². The molecule has 0 aliphatic rings. The van der Waals surface area contributed by atoms with E-state index in [0.717, 1.165) is 21.6 Å². The number of anilines is 1. The van der Waals surface area contributed by atoms with Gasteiger partial charge in [-0.3, -0.25) is 4.79 Å². The largest absolute Gasteiger partial charge is 0.321 e. The standard InChI is InChI=1S/C20H16ClN3OS/c1-12-5-3-8-16(9-12)24-20-17(13(2)23-24)11-18(26-20)19(25)22-15-7-4-6-14(21)10-15/h3-11H,1-2H3,(H,22,25). The Bertz CT molecular complexity index is 1130. The third kappa shape index (κ3) is 3.11. The molecule has 4 rings (SSSR count). The smallest absolute Gasteiger partial charge is 0.265 e. The zero-order valence-electron chi connectivity index (χ0n) is 14.3. The molecule has 0 unspecified atom stereocenters. The molecule has 1 amide bonds. The fraction of sp³-hybridized carbons (Fsp3) is 0.100. The number of carbonyl (C=O) groups excluding carboxylic acids is 1. The molecule has 26 heavy (non-hydrogen) atoms. The van der Waals surface area contributed by atoms with Crippen LogP contribution in [0.2, 0.25) is 5.02 Å². The predicted molar refractivity (Wildman–Crippen MR) is 108 cm³/mol. The molecule has 4 aromatic rings. The molecule has 0 fully saturated rings. The van der Waals surface area contributed by atoms with Crippen LogP contribution in [0.1, 0.15) is 20.9 Å². The first-order valence-electron chi connectivity index (χ1n) is 8.14. The number of fused-ring (bicyclic) bond motifs is 1. The molecule has 0 bridgehead atoms. The molecule has 130 valence electrons. The van der Waals surface area contributed by atoms with Crippen molar-refractivity contribution in [1.82, 2.24) is 9.78 Å². The summed E-state index contributed by atoms with van der Waals surface area (Å²) >= 11 is 7.42. The third-order valence-corrected chi connectivity index (χ3v) is 5.44. The molecule has 0 radical (unpaired) electrons. The second kappa shape index (κ2) is 6.59. The van der Waals surface area contributed by atoms with Crippen molar-refractivity contribution in [2.75, 3.05) is 5.32 Å². The average Bonchev–Trinajstić information content (AvgIpc) is 3.16. The van der Waals surface area contributed by atoms with E-state index in [1.54, 1.807) is 12.1 Å². The van der Waals surface area contributed by atoms with E-state index in [9.17, 15) is 4.79 Å². The van der Waals surface area contributed by atoms with E-state index in [0.29, 0.717) is 15.6 Å². The topological polar surface area (TPSA) is 46.9 Å². The van der Waals surface area contributed by atoms with Crippen molar-refractivity contribution in [3.8, 4) is 5.69 Å². The summed E-state index contributed by atoms with van der Waals surface area (Å²) in [6.07, 6.45) is 0. The molecule has 0 atom stereocenters. The number of carbonyl (C=O) groups is 1. The molecule has 2 heterocycles. The average molecular weight is 382 g/mol. The molecular weight excluding hydrogens is 366 g/mol. The monoisotopic (exact) mass is 381 g/mol. The molecule has 1 N–H and O–H groups in total. The van der Waals surface area contributed by atoms with Crippen LogP contribution >= 0.6 is 22.9 Å². The minimum Gasteiger partial charge on any atom is -0.321 e. The lowest BCUT2D eigenvalue weighted by atomic mass is 10.2.